The predicted molar refractivity (Wildman–Crippen MR) is 170 cm³/mol. The van der Waals surface area contributed by atoms with E-state index >= 15 is 0 Å². The molecule has 3 aromatic rings. The zero-order valence-electron chi connectivity index (χ0n) is 25.6. The predicted octanol–water partition coefficient (Wildman–Crippen LogP) is 6.82. The molecule has 0 unspecified atom stereocenters. The first-order chi connectivity index (χ1) is 21.8. The van der Waals surface area contributed by atoms with Crippen LogP contribution in [0.4, 0.5) is 18.9 Å². The maximum atomic E-state index is 14.3. The lowest BCUT2D eigenvalue weighted by atomic mass is 9.95. The van der Waals surface area contributed by atoms with Crippen molar-refractivity contribution in [1.82, 2.24) is 10.2 Å². The van der Waals surface area contributed by atoms with E-state index in [1.807, 2.05) is 0 Å². The van der Waals surface area contributed by atoms with Gasteiger partial charge in [0, 0.05) is 12.6 Å². The number of nitrogens with one attached hydrogen (secondary N) is 1. The number of anilines is 1. The highest BCUT2D eigenvalue weighted by Crippen LogP contribution is 2.37. The van der Waals surface area contributed by atoms with E-state index in [4.69, 9.17) is 16.3 Å². The molecule has 3 aromatic carbocycles. The average Bonchev–Trinajstić information content (AvgIpc) is 3.04. The van der Waals surface area contributed by atoms with Gasteiger partial charge in [-0.1, -0.05) is 68.1 Å². The van der Waals surface area contributed by atoms with Crippen LogP contribution in [0.5, 0.6) is 5.75 Å². The van der Waals surface area contributed by atoms with E-state index in [0.29, 0.717) is 21.7 Å². The van der Waals surface area contributed by atoms with Gasteiger partial charge in [-0.3, -0.25) is 13.9 Å². The maximum Gasteiger partial charge on any atom is 0.416 e. The van der Waals surface area contributed by atoms with E-state index in [1.54, 1.807) is 37.3 Å². The summed E-state index contributed by atoms with van der Waals surface area (Å²) in [6.07, 6.45) is 0.0418. The lowest BCUT2D eigenvalue weighted by molar-refractivity contribution is -0.140. The fourth-order valence-corrected chi connectivity index (χ4v) is 7.22. The van der Waals surface area contributed by atoms with Gasteiger partial charge in [0.05, 0.1) is 28.3 Å². The van der Waals surface area contributed by atoms with Crippen LogP contribution in [0.3, 0.4) is 0 Å². The summed E-state index contributed by atoms with van der Waals surface area (Å²) in [6.45, 7) is 0.748. The van der Waals surface area contributed by atoms with Crippen molar-refractivity contribution in [2.75, 3.05) is 18.0 Å². The third-order valence-electron chi connectivity index (χ3n) is 8.00. The SMILES string of the molecule is CC[C@H](C(=O)NC1CCCCC1)N(Cc1ccc(OC)cc1)C(=O)CN(c1cc(C(F)(F)F)ccc1Cl)S(=O)(=O)c1ccccc1. The van der Waals surface area contributed by atoms with Crippen molar-refractivity contribution in [3.63, 3.8) is 0 Å². The molecule has 8 nitrogen and oxygen atoms in total. The molecule has 1 aliphatic rings. The Morgan fingerprint density at radius 3 is 2.24 bits per heavy atom. The van der Waals surface area contributed by atoms with Crippen molar-refractivity contribution in [3.8, 4) is 5.75 Å². The molecule has 0 saturated heterocycles. The molecule has 0 bridgehead atoms. The Morgan fingerprint density at radius 2 is 1.65 bits per heavy atom. The zero-order valence-corrected chi connectivity index (χ0v) is 27.2. The summed E-state index contributed by atoms with van der Waals surface area (Å²) in [5.74, 6) is -0.608. The van der Waals surface area contributed by atoms with Gasteiger partial charge in [-0.2, -0.15) is 13.2 Å². The number of nitrogens with zero attached hydrogens (tertiary/aromatic N) is 2. The minimum atomic E-state index is -4.81. The van der Waals surface area contributed by atoms with E-state index < -0.39 is 45.9 Å². The second-order valence-electron chi connectivity index (χ2n) is 11.1. The van der Waals surface area contributed by atoms with Crippen LogP contribution in [0.2, 0.25) is 5.02 Å². The molecule has 2 amide bonds. The van der Waals surface area contributed by atoms with E-state index in [0.717, 1.165) is 44.2 Å². The Bertz CT molecular complexity index is 1600. The van der Waals surface area contributed by atoms with Crippen LogP contribution >= 0.6 is 11.6 Å². The third-order valence-corrected chi connectivity index (χ3v) is 10.1. The molecular weight excluding hydrogens is 643 g/mol. The molecule has 1 fully saturated rings. The minimum absolute atomic E-state index is 0.0490. The summed E-state index contributed by atoms with van der Waals surface area (Å²) in [5, 5.41) is 2.75. The van der Waals surface area contributed by atoms with Crippen molar-refractivity contribution >= 4 is 39.1 Å². The highest BCUT2D eigenvalue weighted by atomic mass is 35.5. The first-order valence-corrected chi connectivity index (χ1v) is 16.8. The quantitative estimate of drug-likeness (QED) is 0.227. The number of carbonyl (C=O) groups excluding carboxylic acids is 2. The largest absolute Gasteiger partial charge is 0.497 e. The van der Waals surface area contributed by atoms with Crippen molar-refractivity contribution in [2.24, 2.45) is 0 Å². The van der Waals surface area contributed by atoms with Crippen molar-refractivity contribution < 1.29 is 35.9 Å². The molecule has 0 heterocycles. The Hall–Kier alpha value is -3.77. The number of halogens is 4. The molecule has 13 heteroatoms. The molecule has 0 radical (unpaired) electrons. The summed E-state index contributed by atoms with van der Waals surface area (Å²) in [5.41, 5.74) is -1.02. The fourth-order valence-electron chi connectivity index (χ4n) is 5.50. The van der Waals surface area contributed by atoms with Crippen molar-refractivity contribution in [2.45, 2.75) is 75.1 Å². The van der Waals surface area contributed by atoms with E-state index in [1.165, 1.54) is 36.3 Å². The van der Waals surface area contributed by atoms with Crippen molar-refractivity contribution in [3.05, 3.63) is 88.9 Å². The molecule has 1 saturated carbocycles. The van der Waals surface area contributed by atoms with Gasteiger partial charge in [0.25, 0.3) is 10.0 Å². The molecule has 46 heavy (non-hydrogen) atoms. The molecule has 0 spiro atoms. The van der Waals surface area contributed by atoms with Gasteiger partial charge in [-0.15, -0.1) is 0 Å². The van der Waals surface area contributed by atoms with Gasteiger partial charge >= 0.3 is 6.18 Å². The molecule has 1 atom stereocenters. The molecule has 4 rings (SSSR count). The summed E-state index contributed by atoms with van der Waals surface area (Å²) < 4.78 is 75.1. The van der Waals surface area contributed by atoms with Crippen LogP contribution < -0.4 is 14.4 Å². The lowest BCUT2D eigenvalue weighted by Gasteiger charge is -2.34. The van der Waals surface area contributed by atoms with Crippen LogP contribution in [0, 0.1) is 0 Å². The molecule has 1 N–H and O–H groups in total. The average molecular weight is 680 g/mol. The monoisotopic (exact) mass is 679 g/mol. The number of ether oxygens (including phenoxy) is 1. The van der Waals surface area contributed by atoms with Crippen LogP contribution in [0.15, 0.2) is 77.7 Å². The standard InChI is InChI=1S/C33H37ClF3N3O5S/c1-3-29(32(42)38-25-10-6-4-7-11-25)39(21-23-14-17-26(45-2)18-15-23)31(41)22-40(46(43,44)27-12-8-5-9-13-27)30-20-24(33(35,36)37)16-19-28(30)34/h5,8-9,12-20,25,29H,3-4,6-7,10-11,21-22H2,1-2H3,(H,38,42)/t29-/m1/s1. The first kappa shape index (κ1) is 35.1. The van der Waals surface area contributed by atoms with E-state index in [-0.39, 0.29) is 34.8 Å². The zero-order chi connectivity index (χ0) is 33.5. The van der Waals surface area contributed by atoms with Crippen LogP contribution in [0.1, 0.15) is 56.6 Å². The number of carbonyl (C=O) groups is 2. The molecular formula is C33H37ClF3N3O5S. The number of hydrogen-bond acceptors (Lipinski definition) is 5. The topological polar surface area (TPSA) is 96.0 Å². The van der Waals surface area contributed by atoms with Gasteiger partial charge < -0.3 is 15.0 Å². The van der Waals surface area contributed by atoms with Gasteiger partial charge in [0.15, 0.2) is 0 Å². The lowest BCUT2D eigenvalue weighted by Crippen LogP contribution is -2.54. The second kappa shape index (κ2) is 15.2. The van der Waals surface area contributed by atoms with Crippen molar-refractivity contribution in [1.29, 1.82) is 0 Å². The number of amides is 2. The summed E-state index contributed by atoms with van der Waals surface area (Å²) >= 11 is 6.33. The molecule has 0 aliphatic heterocycles. The Labute approximate surface area is 272 Å². The minimum Gasteiger partial charge on any atom is -0.497 e. The number of sulfonamides is 1. The number of alkyl halides is 3. The third kappa shape index (κ3) is 8.52. The van der Waals surface area contributed by atoms with Crippen LogP contribution in [-0.2, 0) is 32.3 Å². The fraction of sp³-hybridized carbons (Fsp3) is 0.394. The number of methoxy groups -OCH3 is 1. The summed E-state index contributed by atoms with van der Waals surface area (Å²) in [7, 11) is -3.10. The first-order valence-electron chi connectivity index (χ1n) is 15.0. The van der Waals surface area contributed by atoms with Gasteiger partial charge in [-0.05, 0) is 67.3 Å². The molecule has 0 aromatic heterocycles. The van der Waals surface area contributed by atoms with Crippen LogP contribution in [0.25, 0.3) is 0 Å². The Balaban J connectivity index is 1.77. The smallest absolute Gasteiger partial charge is 0.416 e. The summed E-state index contributed by atoms with van der Waals surface area (Å²) in [4.78, 5) is 29.0. The highest BCUT2D eigenvalue weighted by Gasteiger charge is 2.37. The van der Waals surface area contributed by atoms with Gasteiger partial charge in [0.1, 0.15) is 18.3 Å². The van der Waals surface area contributed by atoms with Gasteiger partial charge in [0.2, 0.25) is 11.8 Å². The normalized spacial score (nSPS) is 14.7. The Kier molecular flexibility index (Phi) is 11.6. The second-order valence-corrected chi connectivity index (χ2v) is 13.4. The van der Waals surface area contributed by atoms with Gasteiger partial charge in [-0.25, -0.2) is 8.42 Å². The molecule has 248 valence electrons. The van der Waals surface area contributed by atoms with E-state index in [9.17, 15) is 31.2 Å². The Morgan fingerprint density at radius 1 is 1.00 bits per heavy atom. The highest BCUT2D eigenvalue weighted by molar-refractivity contribution is 7.92. The van der Waals surface area contributed by atoms with E-state index in [2.05, 4.69) is 5.32 Å². The number of rotatable bonds is 12. The number of benzene rings is 3. The number of hydrogen-bond donors (Lipinski definition) is 1. The van der Waals surface area contributed by atoms with Crippen LogP contribution in [-0.4, -0.2) is 50.9 Å². The molecule has 1 aliphatic carbocycles. The summed E-state index contributed by atoms with van der Waals surface area (Å²) in [6, 6.07) is 15.1. The maximum absolute atomic E-state index is 14.3.